The summed E-state index contributed by atoms with van der Waals surface area (Å²) in [6.07, 6.45) is 8.09. The average Bonchev–Trinajstić information content (AvgIpc) is 2.38. The molecule has 0 aliphatic rings. The third-order valence-electron chi connectivity index (χ3n) is 5.50. The lowest BCUT2D eigenvalue weighted by molar-refractivity contribution is -0.0571. The molecule has 1 atom stereocenters. The molecule has 2 nitrogen and oxygen atoms in total. The van der Waals surface area contributed by atoms with Crippen LogP contribution in [0.4, 0.5) is 0 Å². The first-order chi connectivity index (χ1) is 11.6. The monoisotopic (exact) mass is 370 g/mol. The molecular formula is C24H50O2. The first-order valence-electron chi connectivity index (χ1n) is 10.9. The molecule has 0 spiro atoms. The maximum Gasteiger partial charge on any atom is 0.0626 e. The lowest BCUT2D eigenvalue weighted by atomic mass is 9.68. The molecule has 1 N–H and O–H groups in total. The van der Waals surface area contributed by atoms with E-state index >= 15 is 0 Å². The Hall–Kier alpha value is -0.0800. The second-order valence-corrected chi connectivity index (χ2v) is 12.0. The van der Waals surface area contributed by atoms with Crippen LogP contribution in [0.15, 0.2) is 0 Å². The van der Waals surface area contributed by atoms with Crippen LogP contribution in [0.5, 0.6) is 0 Å². The Balaban J connectivity index is 5.08. The molecule has 0 aliphatic heterocycles. The van der Waals surface area contributed by atoms with Gasteiger partial charge in [-0.25, -0.2) is 0 Å². The van der Waals surface area contributed by atoms with Crippen LogP contribution in [0.3, 0.4) is 0 Å². The van der Waals surface area contributed by atoms with E-state index < -0.39 is 0 Å². The molecule has 0 amide bonds. The summed E-state index contributed by atoms with van der Waals surface area (Å²) < 4.78 is 6.43. The molecule has 26 heavy (non-hydrogen) atoms. The van der Waals surface area contributed by atoms with Gasteiger partial charge in [-0.2, -0.15) is 0 Å². The fourth-order valence-corrected chi connectivity index (χ4v) is 4.85. The number of hydrogen-bond acceptors (Lipinski definition) is 2. The standard InChI is InChI=1S/C24H50O2/c1-11-12-17-26-20(13-14-22(5,6)18-21(2,3)4)24(9,10)19-23(7,8)15-16-25/h20,25H,11-19H2,1-10H3. The summed E-state index contributed by atoms with van der Waals surface area (Å²) in [7, 11) is 0. The summed E-state index contributed by atoms with van der Waals surface area (Å²) in [6, 6.07) is 0. The number of unbranched alkanes of at least 4 members (excludes halogenated alkanes) is 1. The maximum atomic E-state index is 9.40. The van der Waals surface area contributed by atoms with Crippen LogP contribution >= 0.6 is 0 Å². The molecule has 0 aromatic rings. The van der Waals surface area contributed by atoms with Gasteiger partial charge >= 0.3 is 0 Å². The maximum absolute atomic E-state index is 9.40. The minimum atomic E-state index is 0.115. The van der Waals surface area contributed by atoms with Crippen molar-refractivity contribution in [2.24, 2.45) is 21.7 Å². The highest BCUT2D eigenvalue weighted by Gasteiger charge is 2.37. The van der Waals surface area contributed by atoms with Gasteiger partial charge in [0.1, 0.15) is 0 Å². The lowest BCUT2D eigenvalue weighted by Crippen LogP contribution is -2.38. The predicted octanol–water partition coefficient (Wildman–Crippen LogP) is 7.24. The second-order valence-electron chi connectivity index (χ2n) is 12.0. The Bertz CT molecular complexity index is 374. The van der Waals surface area contributed by atoms with E-state index in [9.17, 15) is 5.11 Å². The largest absolute Gasteiger partial charge is 0.396 e. The van der Waals surface area contributed by atoms with Crippen LogP contribution in [0.1, 0.15) is 114 Å². The summed E-state index contributed by atoms with van der Waals surface area (Å²) in [4.78, 5) is 0. The molecule has 0 heterocycles. The van der Waals surface area contributed by atoms with Gasteiger partial charge in [0.15, 0.2) is 0 Å². The van der Waals surface area contributed by atoms with Crippen molar-refractivity contribution in [1.82, 2.24) is 0 Å². The van der Waals surface area contributed by atoms with Crippen molar-refractivity contribution in [1.29, 1.82) is 0 Å². The zero-order valence-electron chi connectivity index (χ0n) is 19.8. The Kier molecular flexibility index (Phi) is 10.4. The van der Waals surface area contributed by atoms with Gasteiger partial charge in [-0.3, -0.25) is 0 Å². The first-order valence-corrected chi connectivity index (χ1v) is 10.9. The topological polar surface area (TPSA) is 29.5 Å². The van der Waals surface area contributed by atoms with Crippen LogP contribution in [0.2, 0.25) is 0 Å². The van der Waals surface area contributed by atoms with Gasteiger partial charge in [0, 0.05) is 13.2 Å². The molecule has 0 saturated heterocycles. The van der Waals surface area contributed by atoms with Gasteiger partial charge in [0.25, 0.3) is 0 Å². The Morgan fingerprint density at radius 1 is 0.808 bits per heavy atom. The normalized spacial score (nSPS) is 15.3. The van der Waals surface area contributed by atoms with Crippen molar-refractivity contribution >= 4 is 0 Å². The molecule has 0 radical (unpaired) electrons. The molecule has 0 aliphatic carbocycles. The van der Waals surface area contributed by atoms with Crippen LogP contribution < -0.4 is 0 Å². The van der Waals surface area contributed by atoms with Crippen LogP contribution in [0.25, 0.3) is 0 Å². The highest BCUT2D eigenvalue weighted by Crippen LogP contribution is 2.43. The summed E-state index contributed by atoms with van der Waals surface area (Å²) >= 11 is 0. The predicted molar refractivity (Wildman–Crippen MR) is 116 cm³/mol. The minimum absolute atomic E-state index is 0.115. The van der Waals surface area contributed by atoms with Crippen molar-refractivity contribution in [3.8, 4) is 0 Å². The van der Waals surface area contributed by atoms with Crippen LogP contribution in [-0.4, -0.2) is 24.4 Å². The molecule has 0 fully saturated rings. The second kappa shape index (κ2) is 10.5. The molecule has 0 rings (SSSR count). The van der Waals surface area contributed by atoms with Crippen molar-refractivity contribution in [2.45, 2.75) is 120 Å². The highest BCUT2D eigenvalue weighted by molar-refractivity contribution is 4.87. The molecular weight excluding hydrogens is 320 g/mol. The van der Waals surface area contributed by atoms with E-state index in [-0.39, 0.29) is 23.5 Å². The van der Waals surface area contributed by atoms with E-state index in [1.54, 1.807) is 0 Å². The smallest absolute Gasteiger partial charge is 0.0626 e. The zero-order valence-corrected chi connectivity index (χ0v) is 19.8. The lowest BCUT2D eigenvalue weighted by Gasteiger charge is -2.42. The van der Waals surface area contributed by atoms with Gasteiger partial charge < -0.3 is 9.84 Å². The molecule has 2 heteroatoms. The zero-order chi connectivity index (χ0) is 20.6. The van der Waals surface area contributed by atoms with E-state index in [1.807, 2.05) is 0 Å². The third kappa shape index (κ3) is 11.6. The summed E-state index contributed by atoms with van der Waals surface area (Å²) in [5.74, 6) is 0. The van der Waals surface area contributed by atoms with E-state index in [1.165, 1.54) is 19.3 Å². The van der Waals surface area contributed by atoms with Gasteiger partial charge in [-0.1, -0.05) is 75.7 Å². The SMILES string of the molecule is CCCCOC(CCC(C)(C)CC(C)(C)C)C(C)(C)CC(C)(C)CCO. The number of aliphatic hydroxyl groups excluding tert-OH is 1. The number of rotatable bonds is 13. The summed E-state index contributed by atoms with van der Waals surface area (Å²) in [6.45, 7) is 24.5. The first kappa shape index (κ1) is 25.9. The van der Waals surface area contributed by atoms with Gasteiger partial charge in [0.2, 0.25) is 0 Å². The fraction of sp³-hybridized carbons (Fsp3) is 1.00. The van der Waals surface area contributed by atoms with E-state index in [0.717, 1.165) is 32.3 Å². The average molecular weight is 371 g/mol. The van der Waals surface area contributed by atoms with Crippen LogP contribution in [-0.2, 0) is 4.74 Å². The quantitative estimate of drug-likeness (QED) is 0.346. The summed E-state index contributed by atoms with van der Waals surface area (Å²) in [5, 5.41) is 9.40. The number of aliphatic hydroxyl groups is 1. The number of ether oxygens (including phenoxy) is 1. The van der Waals surface area contributed by atoms with Crippen molar-refractivity contribution in [3.63, 3.8) is 0 Å². The van der Waals surface area contributed by atoms with Crippen LogP contribution in [0, 0.1) is 21.7 Å². The molecule has 1 unspecified atom stereocenters. The van der Waals surface area contributed by atoms with E-state index in [0.29, 0.717) is 10.8 Å². The van der Waals surface area contributed by atoms with Crippen molar-refractivity contribution < 1.29 is 9.84 Å². The van der Waals surface area contributed by atoms with Gasteiger partial charge in [0.05, 0.1) is 6.10 Å². The minimum Gasteiger partial charge on any atom is -0.396 e. The van der Waals surface area contributed by atoms with Gasteiger partial charge in [-0.15, -0.1) is 0 Å². The number of hydrogen-bond donors (Lipinski definition) is 1. The highest BCUT2D eigenvalue weighted by atomic mass is 16.5. The van der Waals surface area contributed by atoms with Crippen molar-refractivity contribution in [2.75, 3.05) is 13.2 Å². The Morgan fingerprint density at radius 3 is 1.81 bits per heavy atom. The fourth-order valence-electron chi connectivity index (χ4n) is 4.85. The third-order valence-corrected chi connectivity index (χ3v) is 5.50. The molecule has 0 saturated carbocycles. The Labute approximate surface area is 165 Å². The molecule has 0 aromatic carbocycles. The molecule has 0 bridgehead atoms. The molecule has 0 aromatic heterocycles. The van der Waals surface area contributed by atoms with E-state index in [2.05, 4.69) is 69.2 Å². The molecule has 158 valence electrons. The van der Waals surface area contributed by atoms with E-state index in [4.69, 9.17) is 4.74 Å². The summed E-state index contributed by atoms with van der Waals surface area (Å²) in [5.41, 5.74) is 0.956. The van der Waals surface area contributed by atoms with Crippen molar-refractivity contribution in [3.05, 3.63) is 0 Å². The van der Waals surface area contributed by atoms with Gasteiger partial charge in [-0.05, 0) is 60.2 Å². The Morgan fingerprint density at radius 2 is 1.35 bits per heavy atom.